The highest BCUT2D eigenvalue weighted by atomic mass is 16.5. The molecule has 110 valence electrons. The van der Waals surface area contributed by atoms with Crippen LogP contribution in [0.3, 0.4) is 0 Å². The highest BCUT2D eigenvalue weighted by Crippen LogP contribution is 2.28. The predicted molar refractivity (Wildman–Crippen MR) is 86.9 cm³/mol. The lowest BCUT2D eigenvalue weighted by molar-refractivity contribution is 0.331. The van der Waals surface area contributed by atoms with Crippen LogP contribution in [0.5, 0.6) is 5.75 Å². The molecule has 1 N–H and O–H groups in total. The number of fused-ring (bicyclic) bond motifs is 1. The van der Waals surface area contributed by atoms with Crippen molar-refractivity contribution in [1.82, 2.24) is 5.32 Å². The molecule has 0 fully saturated rings. The molecular formula is C18H22N2O. The minimum Gasteiger partial charge on any atom is -0.491 e. The van der Waals surface area contributed by atoms with Crippen LogP contribution in [0, 0.1) is 6.92 Å². The van der Waals surface area contributed by atoms with Gasteiger partial charge in [0.15, 0.2) is 0 Å². The molecule has 0 unspecified atom stereocenters. The molecule has 0 radical (unpaired) electrons. The molecule has 0 saturated carbocycles. The summed E-state index contributed by atoms with van der Waals surface area (Å²) in [6.07, 6.45) is 0. The van der Waals surface area contributed by atoms with Gasteiger partial charge in [0, 0.05) is 24.3 Å². The highest BCUT2D eigenvalue weighted by Gasteiger charge is 2.17. The molecule has 0 saturated heterocycles. The number of hydrogen-bond acceptors (Lipinski definition) is 3. The Hall–Kier alpha value is -2.00. The van der Waals surface area contributed by atoms with Gasteiger partial charge in [-0.3, -0.25) is 0 Å². The van der Waals surface area contributed by atoms with E-state index < -0.39 is 0 Å². The zero-order valence-corrected chi connectivity index (χ0v) is 12.7. The molecule has 21 heavy (non-hydrogen) atoms. The van der Waals surface area contributed by atoms with Crippen molar-refractivity contribution in [3.05, 3.63) is 59.2 Å². The summed E-state index contributed by atoms with van der Waals surface area (Å²) >= 11 is 0. The van der Waals surface area contributed by atoms with Gasteiger partial charge in [-0.15, -0.1) is 0 Å². The first-order valence-corrected chi connectivity index (χ1v) is 7.47. The molecule has 3 rings (SSSR count). The van der Waals surface area contributed by atoms with Crippen molar-refractivity contribution in [2.24, 2.45) is 0 Å². The van der Waals surface area contributed by atoms with Crippen molar-refractivity contribution in [3.63, 3.8) is 0 Å². The van der Waals surface area contributed by atoms with Gasteiger partial charge >= 0.3 is 0 Å². The van der Waals surface area contributed by atoms with Gasteiger partial charge in [-0.05, 0) is 31.7 Å². The lowest BCUT2D eigenvalue weighted by Gasteiger charge is -2.25. The molecule has 0 bridgehead atoms. The number of anilines is 1. The molecule has 1 aliphatic rings. The van der Waals surface area contributed by atoms with Crippen LogP contribution < -0.4 is 15.0 Å². The number of aryl methyl sites for hydroxylation is 1. The minimum atomic E-state index is 0.726. The number of nitrogens with zero attached hydrogens (tertiary/aromatic N) is 1. The summed E-state index contributed by atoms with van der Waals surface area (Å²) in [4.78, 5) is 2.41. The average Bonchev–Trinajstić information content (AvgIpc) is 2.70. The summed E-state index contributed by atoms with van der Waals surface area (Å²) in [5.74, 6) is 1.02. The number of benzene rings is 2. The Morgan fingerprint density at radius 3 is 2.90 bits per heavy atom. The van der Waals surface area contributed by atoms with Gasteiger partial charge in [-0.1, -0.05) is 35.9 Å². The van der Waals surface area contributed by atoms with E-state index >= 15 is 0 Å². The SMILES string of the molecule is CNCc1cc(C)ccc1N1CCOc2ccccc2C1. The number of nitrogens with one attached hydrogen (secondary N) is 1. The molecule has 0 atom stereocenters. The first kappa shape index (κ1) is 14.0. The fourth-order valence-electron chi connectivity index (χ4n) is 2.89. The van der Waals surface area contributed by atoms with Crippen LogP contribution in [-0.4, -0.2) is 20.2 Å². The molecule has 1 heterocycles. The van der Waals surface area contributed by atoms with Crippen molar-refractivity contribution in [2.45, 2.75) is 20.0 Å². The largest absolute Gasteiger partial charge is 0.491 e. The maximum absolute atomic E-state index is 5.87. The summed E-state index contributed by atoms with van der Waals surface area (Å²) in [5.41, 5.74) is 5.20. The van der Waals surface area contributed by atoms with Crippen molar-refractivity contribution < 1.29 is 4.74 Å². The molecule has 0 amide bonds. The van der Waals surface area contributed by atoms with E-state index in [4.69, 9.17) is 4.74 Å². The third-order valence-corrected chi connectivity index (χ3v) is 3.90. The van der Waals surface area contributed by atoms with E-state index in [0.29, 0.717) is 0 Å². The Morgan fingerprint density at radius 2 is 2.05 bits per heavy atom. The number of rotatable bonds is 3. The molecule has 0 aromatic heterocycles. The first-order chi connectivity index (χ1) is 10.3. The molecule has 0 aliphatic carbocycles. The lowest BCUT2D eigenvalue weighted by Crippen LogP contribution is -2.27. The van der Waals surface area contributed by atoms with Crippen LogP contribution in [0.2, 0.25) is 0 Å². The molecule has 1 aliphatic heterocycles. The van der Waals surface area contributed by atoms with Crippen molar-refractivity contribution in [2.75, 3.05) is 25.1 Å². The van der Waals surface area contributed by atoms with Gasteiger partial charge in [-0.25, -0.2) is 0 Å². The van der Waals surface area contributed by atoms with E-state index in [1.807, 2.05) is 13.1 Å². The second-order valence-electron chi connectivity index (χ2n) is 5.54. The van der Waals surface area contributed by atoms with Crippen LogP contribution in [0.25, 0.3) is 0 Å². The fourth-order valence-corrected chi connectivity index (χ4v) is 2.89. The minimum absolute atomic E-state index is 0.726. The molecule has 3 heteroatoms. The van der Waals surface area contributed by atoms with E-state index in [-0.39, 0.29) is 0 Å². The van der Waals surface area contributed by atoms with Crippen molar-refractivity contribution in [1.29, 1.82) is 0 Å². The third-order valence-electron chi connectivity index (χ3n) is 3.90. The van der Waals surface area contributed by atoms with Crippen LogP contribution in [0.15, 0.2) is 42.5 Å². The Bertz CT molecular complexity index is 624. The second-order valence-corrected chi connectivity index (χ2v) is 5.54. The molecule has 0 spiro atoms. The van der Waals surface area contributed by atoms with Gasteiger partial charge in [0.05, 0.1) is 6.54 Å². The van der Waals surface area contributed by atoms with Gasteiger partial charge in [0.25, 0.3) is 0 Å². The Labute approximate surface area is 126 Å². The summed E-state index contributed by atoms with van der Waals surface area (Å²) < 4.78 is 5.87. The molecular weight excluding hydrogens is 260 g/mol. The maximum Gasteiger partial charge on any atom is 0.124 e. The first-order valence-electron chi connectivity index (χ1n) is 7.47. The van der Waals surface area contributed by atoms with Gasteiger partial charge in [0.1, 0.15) is 12.4 Å². The Morgan fingerprint density at radius 1 is 1.19 bits per heavy atom. The predicted octanol–water partition coefficient (Wildman–Crippen LogP) is 3.11. The van der Waals surface area contributed by atoms with Crippen LogP contribution >= 0.6 is 0 Å². The second kappa shape index (κ2) is 6.19. The summed E-state index contributed by atoms with van der Waals surface area (Å²) in [7, 11) is 1.99. The average molecular weight is 282 g/mol. The third kappa shape index (κ3) is 3.03. The quantitative estimate of drug-likeness (QED) is 0.936. The van der Waals surface area contributed by atoms with E-state index in [1.165, 1.54) is 22.4 Å². The summed E-state index contributed by atoms with van der Waals surface area (Å²) in [6.45, 7) is 5.56. The standard InChI is InChI=1S/C18H22N2O/c1-14-7-8-17(16(11-14)12-19-2)20-9-10-21-18-6-4-3-5-15(18)13-20/h3-8,11,19H,9-10,12-13H2,1-2H3. The zero-order chi connectivity index (χ0) is 14.7. The smallest absolute Gasteiger partial charge is 0.124 e. The van der Waals surface area contributed by atoms with Crippen LogP contribution in [-0.2, 0) is 13.1 Å². The Kier molecular flexibility index (Phi) is 4.11. The highest BCUT2D eigenvalue weighted by molar-refractivity contribution is 5.56. The number of hydrogen-bond donors (Lipinski definition) is 1. The lowest BCUT2D eigenvalue weighted by atomic mass is 10.1. The zero-order valence-electron chi connectivity index (χ0n) is 12.7. The van der Waals surface area contributed by atoms with Crippen LogP contribution in [0.4, 0.5) is 5.69 Å². The summed E-state index contributed by atoms with van der Waals surface area (Å²) in [5, 5.41) is 3.27. The van der Waals surface area contributed by atoms with Crippen molar-refractivity contribution in [3.8, 4) is 5.75 Å². The Balaban J connectivity index is 1.94. The number of ether oxygens (including phenoxy) is 1. The van der Waals surface area contributed by atoms with Gasteiger partial charge in [-0.2, -0.15) is 0 Å². The van der Waals surface area contributed by atoms with E-state index in [9.17, 15) is 0 Å². The normalized spacial score (nSPS) is 14.3. The van der Waals surface area contributed by atoms with E-state index in [2.05, 4.69) is 53.5 Å². The van der Waals surface area contributed by atoms with Gasteiger partial charge < -0.3 is 15.0 Å². The maximum atomic E-state index is 5.87. The van der Waals surface area contributed by atoms with Crippen molar-refractivity contribution >= 4 is 5.69 Å². The molecule has 2 aromatic rings. The number of para-hydroxylation sites is 1. The molecule has 3 nitrogen and oxygen atoms in total. The van der Waals surface area contributed by atoms with Gasteiger partial charge in [0.2, 0.25) is 0 Å². The monoisotopic (exact) mass is 282 g/mol. The van der Waals surface area contributed by atoms with Crippen LogP contribution in [0.1, 0.15) is 16.7 Å². The molecule has 2 aromatic carbocycles. The summed E-state index contributed by atoms with van der Waals surface area (Å²) in [6, 6.07) is 15.0. The topological polar surface area (TPSA) is 24.5 Å². The van der Waals surface area contributed by atoms with E-state index in [0.717, 1.165) is 32.0 Å². The van der Waals surface area contributed by atoms with E-state index in [1.54, 1.807) is 0 Å². The fraction of sp³-hybridized carbons (Fsp3) is 0.333.